The lowest BCUT2D eigenvalue weighted by Crippen LogP contribution is -2.13. The third kappa shape index (κ3) is 3.74. The maximum Gasteiger partial charge on any atom is 0.107 e. The number of benzene rings is 1. The van der Waals surface area contributed by atoms with E-state index in [1.807, 2.05) is 44.2 Å². The molecule has 3 N–H and O–H groups in total. The molecule has 0 amide bonds. The lowest BCUT2D eigenvalue weighted by atomic mass is 10.1. The Morgan fingerprint density at radius 3 is 2.62 bits per heavy atom. The van der Waals surface area contributed by atoms with Crippen molar-refractivity contribution in [1.82, 2.24) is 4.98 Å². The van der Waals surface area contributed by atoms with E-state index in [1.54, 1.807) is 11.8 Å². The summed E-state index contributed by atoms with van der Waals surface area (Å²) >= 11 is 6.97. The number of pyridine rings is 1. The van der Waals surface area contributed by atoms with Crippen molar-refractivity contribution in [3.05, 3.63) is 47.3 Å². The number of aromatic nitrogens is 1. The zero-order chi connectivity index (χ0) is 15.4. The number of thiocarbonyl (C=S) groups is 1. The molecule has 0 fully saturated rings. The van der Waals surface area contributed by atoms with Crippen molar-refractivity contribution in [2.45, 2.75) is 25.7 Å². The van der Waals surface area contributed by atoms with E-state index in [0.717, 1.165) is 39.0 Å². The highest BCUT2D eigenvalue weighted by Gasteiger charge is 2.12. The summed E-state index contributed by atoms with van der Waals surface area (Å²) in [6.45, 7) is 6.08. The topological polar surface area (TPSA) is 50.9 Å². The number of hydrogen-bond acceptors (Lipinski definition) is 4. The summed E-state index contributed by atoms with van der Waals surface area (Å²) in [4.78, 5) is 5.98. The molecule has 1 heterocycles. The molecule has 3 nitrogen and oxygen atoms in total. The third-order valence-corrected chi connectivity index (χ3v) is 4.21. The molecule has 21 heavy (non-hydrogen) atoms. The molecule has 1 aromatic carbocycles. The van der Waals surface area contributed by atoms with Gasteiger partial charge in [-0.1, -0.05) is 25.2 Å². The van der Waals surface area contributed by atoms with E-state index >= 15 is 0 Å². The van der Waals surface area contributed by atoms with Gasteiger partial charge in [-0.05, 0) is 43.9 Å². The first-order chi connectivity index (χ1) is 10.0. The summed E-state index contributed by atoms with van der Waals surface area (Å²) in [5, 5.41) is 3.40. The van der Waals surface area contributed by atoms with Crippen molar-refractivity contribution in [2.24, 2.45) is 5.73 Å². The van der Waals surface area contributed by atoms with Crippen molar-refractivity contribution in [1.29, 1.82) is 0 Å². The number of nitrogens with zero attached hydrogens (tertiary/aromatic N) is 1. The SMILES string of the molecule is CCSc1cccc(Nc2ccc(C)nc2C)c1C(N)=S. The van der Waals surface area contributed by atoms with Gasteiger partial charge >= 0.3 is 0 Å². The summed E-state index contributed by atoms with van der Waals surface area (Å²) in [5.41, 5.74) is 10.7. The van der Waals surface area contributed by atoms with Gasteiger partial charge in [-0.2, -0.15) is 0 Å². The maximum absolute atomic E-state index is 5.92. The van der Waals surface area contributed by atoms with Crippen LogP contribution in [-0.4, -0.2) is 15.7 Å². The largest absolute Gasteiger partial charge is 0.389 e. The lowest BCUT2D eigenvalue weighted by molar-refractivity contribution is 1.12. The van der Waals surface area contributed by atoms with Gasteiger partial charge in [0.1, 0.15) is 4.99 Å². The number of nitrogens with one attached hydrogen (secondary N) is 1. The standard InChI is InChI=1S/C16H19N3S2/c1-4-21-14-7-5-6-13(15(14)16(17)20)19-12-9-8-10(2)18-11(12)3/h5-9,19H,4H2,1-3H3,(H2,17,20). The van der Waals surface area contributed by atoms with Crippen LogP contribution < -0.4 is 11.1 Å². The highest BCUT2D eigenvalue weighted by Crippen LogP contribution is 2.31. The first-order valence-electron chi connectivity index (χ1n) is 6.79. The predicted octanol–water partition coefficient (Wildman–Crippen LogP) is 4.19. The van der Waals surface area contributed by atoms with Gasteiger partial charge in [0, 0.05) is 21.8 Å². The first kappa shape index (κ1) is 15.8. The number of hydrogen-bond donors (Lipinski definition) is 2. The van der Waals surface area contributed by atoms with Crippen LogP contribution in [0.5, 0.6) is 0 Å². The van der Waals surface area contributed by atoms with Crippen molar-refractivity contribution >= 4 is 40.3 Å². The second-order valence-corrected chi connectivity index (χ2v) is 6.43. The summed E-state index contributed by atoms with van der Waals surface area (Å²) in [5.74, 6) is 0.976. The Balaban J connectivity index is 2.43. The zero-order valence-corrected chi connectivity index (χ0v) is 14.1. The molecule has 0 aliphatic rings. The number of nitrogens with two attached hydrogens (primary N) is 1. The Bertz CT molecular complexity index is 669. The zero-order valence-electron chi connectivity index (χ0n) is 12.4. The number of anilines is 2. The van der Waals surface area contributed by atoms with Crippen LogP contribution >= 0.6 is 24.0 Å². The Morgan fingerprint density at radius 1 is 1.24 bits per heavy atom. The molecule has 0 spiro atoms. The van der Waals surface area contributed by atoms with Gasteiger partial charge in [0.25, 0.3) is 0 Å². The minimum Gasteiger partial charge on any atom is -0.389 e. The first-order valence-corrected chi connectivity index (χ1v) is 8.19. The van der Waals surface area contributed by atoms with E-state index in [9.17, 15) is 0 Å². The van der Waals surface area contributed by atoms with Gasteiger partial charge in [-0.3, -0.25) is 4.98 Å². The number of rotatable bonds is 5. The Labute approximate surface area is 135 Å². The van der Waals surface area contributed by atoms with Crippen LogP contribution in [0.4, 0.5) is 11.4 Å². The summed E-state index contributed by atoms with van der Waals surface area (Å²) in [7, 11) is 0. The third-order valence-electron chi connectivity index (χ3n) is 3.07. The van der Waals surface area contributed by atoms with Gasteiger partial charge in [-0.25, -0.2) is 0 Å². The number of aryl methyl sites for hydroxylation is 2. The molecular formula is C16H19N3S2. The van der Waals surface area contributed by atoms with Gasteiger partial charge in [-0.15, -0.1) is 11.8 Å². The molecular weight excluding hydrogens is 298 g/mol. The molecule has 0 aliphatic heterocycles. The molecule has 0 saturated heterocycles. The minimum atomic E-state index is 0.409. The monoisotopic (exact) mass is 317 g/mol. The van der Waals surface area contributed by atoms with E-state index < -0.39 is 0 Å². The summed E-state index contributed by atoms with van der Waals surface area (Å²) in [6.07, 6.45) is 0. The second-order valence-electron chi connectivity index (χ2n) is 4.69. The van der Waals surface area contributed by atoms with Gasteiger partial charge in [0.2, 0.25) is 0 Å². The van der Waals surface area contributed by atoms with Crippen molar-refractivity contribution < 1.29 is 0 Å². The summed E-state index contributed by atoms with van der Waals surface area (Å²) in [6, 6.07) is 10.1. The van der Waals surface area contributed by atoms with Crippen LogP contribution in [0.25, 0.3) is 0 Å². The molecule has 2 rings (SSSR count). The Hall–Kier alpha value is -1.59. The molecule has 2 aromatic rings. The van der Waals surface area contributed by atoms with E-state index in [2.05, 4.69) is 17.2 Å². The van der Waals surface area contributed by atoms with E-state index in [1.165, 1.54) is 0 Å². The van der Waals surface area contributed by atoms with Gasteiger partial charge in [0.05, 0.1) is 11.4 Å². The fraction of sp³-hybridized carbons (Fsp3) is 0.250. The molecule has 0 radical (unpaired) electrons. The van der Waals surface area contributed by atoms with E-state index in [-0.39, 0.29) is 0 Å². The van der Waals surface area contributed by atoms with Crippen LogP contribution in [0.15, 0.2) is 35.2 Å². The molecule has 0 aliphatic carbocycles. The van der Waals surface area contributed by atoms with Crippen LogP contribution in [0, 0.1) is 13.8 Å². The molecule has 5 heteroatoms. The highest BCUT2D eigenvalue weighted by molar-refractivity contribution is 7.99. The smallest absolute Gasteiger partial charge is 0.107 e. The summed E-state index contributed by atoms with van der Waals surface area (Å²) < 4.78 is 0. The van der Waals surface area contributed by atoms with Crippen LogP contribution in [-0.2, 0) is 0 Å². The van der Waals surface area contributed by atoms with Crippen molar-refractivity contribution in [2.75, 3.05) is 11.1 Å². The van der Waals surface area contributed by atoms with Crippen molar-refractivity contribution in [3.63, 3.8) is 0 Å². The average Bonchev–Trinajstić information content (AvgIpc) is 2.42. The maximum atomic E-state index is 5.92. The average molecular weight is 317 g/mol. The molecule has 0 bridgehead atoms. The molecule has 1 aromatic heterocycles. The van der Waals surface area contributed by atoms with E-state index in [0.29, 0.717) is 4.99 Å². The van der Waals surface area contributed by atoms with Crippen LogP contribution in [0.2, 0.25) is 0 Å². The highest BCUT2D eigenvalue weighted by atomic mass is 32.2. The van der Waals surface area contributed by atoms with Gasteiger partial charge < -0.3 is 11.1 Å². The van der Waals surface area contributed by atoms with E-state index in [4.69, 9.17) is 18.0 Å². The Kier molecular flexibility index (Phi) is 5.20. The second kappa shape index (κ2) is 6.91. The Morgan fingerprint density at radius 2 is 2.00 bits per heavy atom. The lowest BCUT2D eigenvalue weighted by Gasteiger charge is -2.16. The molecule has 0 unspecified atom stereocenters. The van der Waals surface area contributed by atoms with Gasteiger partial charge in [0.15, 0.2) is 0 Å². The predicted molar refractivity (Wildman–Crippen MR) is 95.7 cm³/mol. The van der Waals surface area contributed by atoms with Crippen molar-refractivity contribution in [3.8, 4) is 0 Å². The quantitative estimate of drug-likeness (QED) is 0.640. The van der Waals surface area contributed by atoms with Crippen LogP contribution in [0.1, 0.15) is 23.9 Å². The molecule has 0 saturated carbocycles. The number of thioether (sulfide) groups is 1. The van der Waals surface area contributed by atoms with Crippen LogP contribution in [0.3, 0.4) is 0 Å². The fourth-order valence-electron chi connectivity index (χ4n) is 2.13. The molecule has 0 atom stereocenters. The normalized spacial score (nSPS) is 10.4. The fourth-order valence-corrected chi connectivity index (χ4v) is 3.26. The molecule has 110 valence electrons. The minimum absolute atomic E-state index is 0.409.